The first-order valence-corrected chi connectivity index (χ1v) is 7.87. The molecule has 0 bridgehead atoms. The number of esters is 2. The van der Waals surface area contributed by atoms with Crippen LogP contribution < -0.4 is 0 Å². The summed E-state index contributed by atoms with van der Waals surface area (Å²) < 4.78 is 9.87. The molecule has 0 fully saturated rings. The second-order valence-corrected chi connectivity index (χ2v) is 4.58. The number of hydrogen-bond donors (Lipinski definition) is 0. The van der Waals surface area contributed by atoms with Gasteiger partial charge in [-0.3, -0.25) is 0 Å². The fraction of sp³-hybridized carbons (Fsp3) is 0.750. The van der Waals surface area contributed by atoms with Crippen molar-refractivity contribution < 1.29 is 19.1 Å². The lowest BCUT2D eigenvalue weighted by Crippen LogP contribution is -2.28. The molecule has 22 heavy (non-hydrogen) atoms. The summed E-state index contributed by atoms with van der Waals surface area (Å²) in [5.41, 5.74) is 0. The molecule has 6 heteroatoms. The number of nitrogens with zero attached hydrogens (tertiary/aromatic N) is 2. The van der Waals surface area contributed by atoms with Gasteiger partial charge in [0.15, 0.2) is 0 Å². The van der Waals surface area contributed by atoms with Gasteiger partial charge in [-0.2, -0.15) is 0 Å². The molecule has 126 valence electrons. The van der Waals surface area contributed by atoms with Crippen molar-refractivity contribution >= 4 is 11.9 Å². The van der Waals surface area contributed by atoms with Crippen LogP contribution in [-0.4, -0.2) is 74.2 Å². The zero-order valence-corrected chi connectivity index (χ0v) is 14.2. The number of ether oxygens (including phenoxy) is 2. The normalized spacial score (nSPS) is 10.3. The van der Waals surface area contributed by atoms with Gasteiger partial charge in [0.25, 0.3) is 0 Å². The van der Waals surface area contributed by atoms with Crippen LogP contribution in [0.5, 0.6) is 0 Å². The minimum atomic E-state index is -0.701. The molecule has 0 N–H and O–H groups in total. The van der Waals surface area contributed by atoms with E-state index in [1.807, 2.05) is 27.7 Å². The smallest absolute Gasteiger partial charge is 0.384 e. The van der Waals surface area contributed by atoms with Crippen molar-refractivity contribution in [2.75, 3.05) is 52.5 Å². The molecule has 0 radical (unpaired) electrons. The molecule has 0 saturated heterocycles. The zero-order valence-electron chi connectivity index (χ0n) is 14.2. The van der Waals surface area contributed by atoms with Crippen LogP contribution in [-0.2, 0) is 19.1 Å². The molecule has 0 atom stereocenters. The Balaban J connectivity index is 3.91. The Kier molecular flexibility index (Phi) is 12.2. The van der Waals surface area contributed by atoms with Gasteiger partial charge in [-0.15, -0.1) is 0 Å². The highest BCUT2D eigenvalue weighted by atomic mass is 16.5. The van der Waals surface area contributed by atoms with Crippen molar-refractivity contribution in [2.24, 2.45) is 0 Å². The maximum absolute atomic E-state index is 11.3. The van der Waals surface area contributed by atoms with E-state index in [1.54, 1.807) is 0 Å². The number of carbonyl (C=O) groups excluding carboxylic acids is 2. The van der Waals surface area contributed by atoms with Gasteiger partial charge in [-0.1, -0.05) is 27.7 Å². The van der Waals surface area contributed by atoms with Crippen molar-refractivity contribution in [1.29, 1.82) is 0 Å². The minimum Gasteiger partial charge on any atom is -0.455 e. The molecular formula is C16H28N2O4. The largest absolute Gasteiger partial charge is 0.455 e. The second kappa shape index (κ2) is 13.1. The van der Waals surface area contributed by atoms with Gasteiger partial charge in [0.2, 0.25) is 0 Å². The summed E-state index contributed by atoms with van der Waals surface area (Å²) in [7, 11) is 0. The van der Waals surface area contributed by atoms with Crippen molar-refractivity contribution in [3.8, 4) is 11.8 Å². The Bertz CT molecular complexity index is 345. The van der Waals surface area contributed by atoms with Gasteiger partial charge in [-0.25, -0.2) is 9.59 Å². The Morgan fingerprint density at radius 3 is 1.32 bits per heavy atom. The second-order valence-electron chi connectivity index (χ2n) is 4.58. The molecule has 0 aromatic rings. The lowest BCUT2D eigenvalue weighted by atomic mass is 10.5. The fourth-order valence-electron chi connectivity index (χ4n) is 1.79. The molecule has 0 heterocycles. The maximum Gasteiger partial charge on any atom is 0.384 e. The van der Waals surface area contributed by atoms with Crippen LogP contribution in [0.25, 0.3) is 0 Å². The van der Waals surface area contributed by atoms with Crippen molar-refractivity contribution in [1.82, 2.24) is 9.80 Å². The van der Waals surface area contributed by atoms with Gasteiger partial charge in [0, 0.05) is 24.9 Å². The molecular weight excluding hydrogens is 284 g/mol. The summed E-state index contributed by atoms with van der Waals surface area (Å²) in [4.78, 5) is 27.0. The predicted molar refractivity (Wildman–Crippen MR) is 85.3 cm³/mol. The Labute approximate surface area is 133 Å². The van der Waals surface area contributed by atoms with Crippen LogP contribution >= 0.6 is 0 Å². The van der Waals surface area contributed by atoms with E-state index in [4.69, 9.17) is 9.47 Å². The Morgan fingerprint density at radius 2 is 1.05 bits per heavy atom. The standard InChI is InChI=1S/C16H28N2O4/c1-5-17(6-2)11-13-21-15(19)9-10-16(20)22-14-12-18(7-3)8-4/h5-8,11-14H2,1-4H3. The van der Waals surface area contributed by atoms with Crippen LogP contribution in [0.15, 0.2) is 0 Å². The molecule has 6 nitrogen and oxygen atoms in total. The maximum atomic E-state index is 11.3. The van der Waals surface area contributed by atoms with E-state index in [1.165, 1.54) is 0 Å². The topological polar surface area (TPSA) is 59.1 Å². The van der Waals surface area contributed by atoms with Crippen LogP contribution in [0.4, 0.5) is 0 Å². The average molecular weight is 312 g/mol. The van der Waals surface area contributed by atoms with Crippen LogP contribution in [0.3, 0.4) is 0 Å². The van der Waals surface area contributed by atoms with Gasteiger partial charge in [-0.05, 0) is 26.2 Å². The predicted octanol–water partition coefficient (Wildman–Crippen LogP) is 0.760. The van der Waals surface area contributed by atoms with Crippen LogP contribution in [0.2, 0.25) is 0 Å². The van der Waals surface area contributed by atoms with E-state index < -0.39 is 11.9 Å². The van der Waals surface area contributed by atoms with E-state index >= 15 is 0 Å². The molecule has 0 aliphatic carbocycles. The fourth-order valence-corrected chi connectivity index (χ4v) is 1.79. The highest BCUT2D eigenvalue weighted by Gasteiger charge is 2.04. The molecule has 0 rings (SSSR count). The first kappa shape index (κ1) is 20.4. The van der Waals surface area contributed by atoms with Crippen molar-refractivity contribution in [2.45, 2.75) is 27.7 Å². The summed E-state index contributed by atoms with van der Waals surface area (Å²) in [5.74, 6) is 2.88. The van der Waals surface area contributed by atoms with Gasteiger partial charge in [0.05, 0.1) is 0 Å². The summed E-state index contributed by atoms with van der Waals surface area (Å²) in [6.45, 7) is 13.6. The quantitative estimate of drug-likeness (QED) is 0.337. The third kappa shape index (κ3) is 10.2. The lowest BCUT2D eigenvalue weighted by molar-refractivity contribution is -0.139. The van der Waals surface area contributed by atoms with Gasteiger partial charge >= 0.3 is 11.9 Å². The summed E-state index contributed by atoms with van der Waals surface area (Å²) in [6.07, 6.45) is 0. The zero-order chi connectivity index (χ0) is 16.8. The van der Waals surface area contributed by atoms with Gasteiger partial charge < -0.3 is 19.3 Å². The first-order valence-electron chi connectivity index (χ1n) is 7.87. The molecule has 0 aliphatic rings. The SMILES string of the molecule is CCN(CC)CCOC(=O)C#CC(=O)OCCN(CC)CC. The summed E-state index contributed by atoms with van der Waals surface area (Å²) in [5, 5.41) is 0. The molecule has 0 amide bonds. The molecule has 0 aromatic carbocycles. The molecule has 0 unspecified atom stereocenters. The average Bonchev–Trinajstić information content (AvgIpc) is 2.53. The third-order valence-corrected chi connectivity index (χ3v) is 3.34. The number of likely N-dealkylation sites (N-methyl/N-ethyl adjacent to an activating group) is 2. The van der Waals surface area contributed by atoms with Crippen LogP contribution in [0, 0.1) is 11.8 Å². The molecule has 0 spiro atoms. The number of rotatable bonds is 10. The first-order chi connectivity index (χ1) is 10.6. The van der Waals surface area contributed by atoms with Crippen LogP contribution in [0.1, 0.15) is 27.7 Å². The van der Waals surface area contributed by atoms with Gasteiger partial charge in [0.1, 0.15) is 13.2 Å². The summed E-state index contributed by atoms with van der Waals surface area (Å²) >= 11 is 0. The third-order valence-electron chi connectivity index (χ3n) is 3.34. The minimum absolute atomic E-state index is 0.270. The van der Waals surface area contributed by atoms with E-state index in [-0.39, 0.29) is 13.2 Å². The lowest BCUT2D eigenvalue weighted by Gasteiger charge is -2.16. The van der Waals surface area contributed by atoms with E-state index in [9.17, 15) is 9.59 Å². The molecule has 0 aromatic heterocycles. The molecule has 0 saturated carbocycles. The number of carbonyl (C=O) groups is 2. The highest BCUT2D eigenvalue weighted by Crippen LogP contribution is 1.89. The molecule has 0 aliphatic heterocycles. The Hall–Kier alpha value is -1.58. The van der Waals surface area contributed by atoms with Crippen molar-refractivity contribution in [3.05, 3.63) is 0 Å². The highest BCUT2D eigenvalue weighted by molar-refractivity contribution is 5.98. The van der Waals surface area contributed by atoms with E-state index in [2.05, 4.69) is 21.6 Å². The summed E-state index contributed by atoms with van der Waals surface area (Å²) in [6, 6.07) is 0. The Morgan fingerprint density at radius 1 is 0.727 bits per heavy atom. The van der Waals surface area contributed by atoms with E-state index in [0.29, 0.717) is 13.1 Å². The van der Waals surface area contributed by atoms with E-state index in [0.717, 1.165) is 26.2 Å². The monoisotopic (exact) mass is 312 g/mol. The van der Waals surface area contributed by atoms with Crippen molar-refractivity contribution in [3.63, 3.8) is 0 Å². The number of hydrogen-bond acceptors (Lipinski definition) is 6.